The monoisotopic (exact) mass is 495 g/mol. The summed E-state index contributed by atoms with van der Waals surface area (Å²) in [5.74, 6) is -0.867. The predicted octanol–water partition coefficient (Wildman–Crippen LogP) is 2.28. The van der Waals surface area contributed by atoms with Crippen LogP contribution in [0, 0.1) is 5.92 Å². The Balaban J connectivity index is 1.57. The highest BCUT2D eigenvalue weighted by Crippen LogP contribution is 2.36. The summed E-state index contributed by atoms with van der Waals surface area (Å²) in [4.78, 5) is 13.3. The summed E-state index contributed by atoms with van der Waals surface area (Å²) in [6.45, 7) is -0.405. The SMILES string of the molecule is O=C(Nc1ccn(C[C@@H](O)CO)n1)/C(=C/C1CC(F)C(F)C1)c1ccc(S(=O)(=O)C2CC2)cc1. The molecule has 2 aromatic rings. The van der Waals surface area contributed by atoms with Crippen LogP contribution in [0.5, 0.6) is 0 Å². The van der Waals surface area contributed by atoms with Crippen molar-refractivity contribution in [2.75, 3.05) is 11.9 Å². The first kappa shape index (κ1) is 24.5. The Kier molecular flexibility index (Phi) is 7.15. The van der Waals surface area contributed by atoms with Gasteiger partial charge >= 0.3 is 0 Å². The van der Waals surface area contributed by atoms with Crippen LogP contribution in [0.4, 0.5) is 14.6 Å². The number of rotatable bonds is 9. The molecule has 2 saturated carbocycles. The Hall–Kier alpha value is -2.63. The number of sulfone groups is 1. The second-order valence-electron chi connectivity index (χ2n) is 8.83. The third-order valence-electron chi connectivity index (χ3n) is 6.04. The molecule has 2 aliphatic carbocycles. The van der Waals surface area contributed by atoms with Crippen LogP contribution in [0.25, 0.3) is 5.57 Å². The summed E-state index contributed by atoms with van der Waals surface area (Å²) >= 11 is 0. The van der Waals surface area contributed by atoms with Crippen molar-refractivity contribution in [2.24, 2.45) is 5.92 Å². The summed E-state index contributed by atoms with van der Waals surface area (Å²) in [5.41, 5.74) is 0.576. The maximum Gasteiger partial charge on any atom is 0.257 e. The molecular formula is C23H27F2N3O5S. The van der Waals surface area contributed by atoms with Crippen molar-refractivity contribution in [3.8, 4) is 0 Å². The molecule has 0 spiro atoms. The van der Waals surface area contributed by atoms with Crippen LogP contribution < -0.4 is 5.32 Å². The molecule has 1 heterocycles. The molecule has 34 heavy (non-hydrogen) atoms. The van der Waals surface area contributed by atoms with E-state index in [4.69, 9.17) is 5.11 Å². The van der Waals surface area contributed by atoms with Gasteiger partial charge in [-0.2, -0.15) is 5.10 Å². The molecule has 1 aromatic carbocycles. The Morgan fingerprint density at radius 2 is 1.82 bits per heavy atom. The molecule has 0 saturated heterocycles. The average molecular weight is 496 g/mol. The van der Waals surface area contributed by atoms with Crippen LogP contribution in [0.15, 0.2) is 47.5 Å². The smallest absolute Gasteiger partial charge is 0.257 e. The number of carbonyl (C=O) groups excluding carboxylic acids is 1. The molecule has 1 amide bonds. The fourth-order valence-electron chi connectivity index (χ4n) is 4.03. The zero-order valence-electron chi connectivity index (χ0n) is 18.3. The van der Waals surface area contributed by atoms with E-state index in [0.717, 1.165) is 0 Å². The number of allylic oxidation sites excluding steroid dienone is 1. The van der Waals surface area contributed by atoms with E-state index in [-0.39, 0.29) is 40.9 Å². The van der Waals surface area contributed by atoms with Gasteiger partial charge in [0.2, 0.25) is 0 Å². The summed E-state index contributed by atoms with van der Waals surface area (Å²) in [7, 11) is -3.39. The second kappa shape index (κ2) is 9.93. The van der Waals surface area contributed by atoms with Gasteiger partial charge in [-0.3, -0.25) is 9.48 Å². The van der Waals surface area contributed by atoms with Gasteiger partial charge in [-0.05, 0) is 49.3 Å². The molecule has 0 radical (unpaired) electrons. The van der Waals surface area contributed by atoms with Crippen molar-refractivity contribution >= 4 is 27.1 Å². The third-order valence-corrected chi connectivity index (χ3v) is 8.32. The molecule has 184 valence electrons. The Labute approximate surface area is 196 Å². The highest BCUT2D eigenvalue weighted by atomic mass is 32.2. The number of aliphatic hydroxyl groups excluding tert-OH is 2. The van der Waals surface area contributed by atoms with Crippen LogP contribution >= 0.6 is 0 Å². The number of alkyl halides is 2. The maximum absolute atomic E-state index is 13.7. The van der Waals surface area contributed by atoms with E-state index in [1.165, 1.54) is 47.3 Å². The van der Waals surface area contributed by atoms with Crippen molar-refractivity contribution in [1.29, 1.82) is 0 Å². The fraction of sp³-hybridized carbons (Fsp3) is 0.478. The molecule has 2 aliphatic rings. The molecule has 0 bridgehead atoms. The number of nitrogens with one attached hydrogen (secondary N) is 1. The lowest BCUT2D eigenvalue weighted by atomic mass is 9.98. The van der Waals surface area contributed by atoms with E-state index in [1.54, 1.807) is 0 Å². The van der Waals surface area contributed by atoms with Gasteiger partial charge in [0.1, 0.15) is 12.3 Å². The van der Waals surface area contributed by atoms with Gasteiger partial charge in [-0.1, -0.05) is 18.2 Å². The van der Waals surface area contributed by atoms with Gasteiger partial charge in [-0.15, -0.1) is 0 Å². The van der Waals surface area contributed by atoms with Crippen LogP contribution in [0.3, 0.4) is 0 Å². The minimum absolute atomic E-state index is 0.0316. The molecule has 0 aliphatic heterocycles. The van der Waals surface area contributed by atoms with Crippen LogP contribution in [0.2, 0.25) is 0 Å². The quantitative estimate of drug-likeness (QED) is 0.459. The highest BCUT2D eigenvalue weighted by Gasteiger charge is 2.37. The molecule has 3 atom stereocenters. The lowest BCUT2D eigenvalue weighted by Gasteiger charge is -2.12. The Morgan fingerprint density at radius 1 is 1.18 bits per heavy atom. The molecule has 3 N–H and O–H groups in total. The first-order chi connectivity index (χ1) is 16.2. The Morgan fingerprint density at radius 3 is 2.41 bits per heavy atom. The summed E-state index contributed by atoms with van der Waals surface area (Å²) in [5, 5.41) is 24.9. The number of aliphatic hydroxyl groups is 2. The molecule has 4 rings (SSSR count). The van der Waals surface area contributed by atoms with Crippen molar-refractivity contribution in [1.82, 2.24) is 9.78 Å². The van der Waals surface area contributed by atoms with Gasteiger partial charge in [-0.25, -0.2) is 17.2 Å². The second-order valence-corrected chi connectivity index (χ2v) is 11.1. The van der Waals surface area contributed by atoms with Crippen LogP contribution in [-0.2, 0) is 21.2 Å². The van der Waals surface area contributed by atoms with Gasteiger partial charge in [0.25, 0.3) is 5.91 Å². The lowest BCUT2D eigenvalue weighted by molar-refractivity contribution is -0.111. The predicted molar refractivity (Wildman–Crippen MR) is 121 cm³/mol. The van der Waals surface area contributed by atoms with E-state index in [2.05, 4.69) is 10.4 Å². The topological polar surface area (TPSA) is 122 Å². The number of hydrogen-bond donors (Lipinski definition) is 3. The molecule has 2 fully saturated rings. The zero-order valence-corrected chi connectivity index (χ0v) is 19.2. The molecule has 2 unspecified atom stereocenters. The van der Waals surface area contributed by atoms with E-state index in [0.29, 0.717) is 18.4 Å². The molecule has 11 heteroatoms. The van der Waals surface area contributed by atoms with E-state index in [1.807, 2.05) is 0 Å². The third kappa shape index (κ3) is 5.53. The van der Waals surface area contributed by atoms with Crippen molar-refractivity contribution in [3.63, 3.8) is 0 Å². The normalized spacial score (nSPS) is 24.2. The fourth-order valence-corrected chi connectivity index (χ4v) is 5.68. The highest BCUT2D eigenvalue weighted by molar-refractivity contribution is 7.92. The van der Waals surface area contributed by atoms with Crippen LogP contribution in [-0.4, -0.2) is 64.6 Å². The number of halogens is 2. The van der Waals surface area contributed by atoms with Gasteiger partial charge in [0.15, 0.2) is 15.7 Å². The van der Waals surface area contributed by atoms with Gasteiger partial charge < -0.3 is 15.5 Å². The van der Waals surface area contributed by atoms with E-state index in [9.17, 15) is 27.1 Å². The summed E-state index contributed by atoms with van der Waals surface area (Å²) in [6, 6.07) is 7.44. The molecular weight excluding hydrogens is 468 g/mol. The van der Waals surface area contributed by atoms with Crippen molar-refractivity contribution < 1.29 is 32.2 Å². The number of hydrogen-bond acceptors (Lipinski definition) is 6. The molecule has 8 nitrogen and oxygen atoms in total. The summed E-state index contributed by atoms with van der Waals surface area (Å²) in [6.07, 6.45) is 0.0438. The Bertz CT molecular complexity index is 1150. The average Bonchev–Trinajstić information content (AvgIpc) is 3.52. The number of amides is 1. The zero-order chi connectivity index (χ0) is 24.5. The van der Waals surface area contributed by atoms with E-state index < -0.39 is 46.7 Å². The lowest BCUT2D eigenvalue weighted by Crippen LogP contribution is -2.20. The first-order valence-corrected chi connectivity index (χ1v) is 12.7. The number of aromatic nitrogens is 2. The maximum atomic E-state index is 13.7. The van der Waals surface area contributed by atoms with Crippen molar-refractivity contribution in [3.05, 3.63) is 48.2 Å². The van der Waals surface area contributed by atoms with Gasteiger partial charge in [0, 0.05) is 17.8 Å². The number of anilines is 1. The van der Waals surface area contributed by atoms with Crippen LogP contribution in [0.1, 0.15) is 31.2 Å². The molecule has 1 aromatic heterocycles. The largest absolute Gasteiger partial charge is 0.394 e. The van der Waals surface area contributed by atoms with E-state index >= 15 is 0 Å². The first-order valence-electron chi connectivity index (χ1n) is 11.2. The minimum atomic E-state index is -3.39. The standard InChI is InChI=1S/C23H27F2N3O5S/c24-20-10-14(11-21(20)25)9-19(15-1-3-17(4-2-15)34(32,33)18-5-6-18)23(31)26-22-7-8-28(27-22)12-16(30)13-29/h1-4,7-9,14,16,18,20-21,29-30H,5-6,10-13H2,(H,26,27,31)/b19-9+/t14?,16-,20?,21?/m1/s1. The van der Waals surface area contributed by atoms with Crippen molar-refractivity contribution in [2.45, 2.75) is 60.8 Å². The minimum Gasteiger partial charge on any atom is -0.394 e. The number of carbonyl (C=O) groups is 1. The van der Waals surface area contributed by atoms with Gasteiger partial charge in [0.05, 0.1) is 29.4 Å². The number of nitrogens with zero attached hydrogens (tertiary/aromatic N) is 2. The summed E-state index contributed by atoms with van der Waals surface area (Å²) < 4.78 is 53.8. The number of benzene rings is 1.